The summed E-state index contributed by atoms with van der Waals surface area (Å²) >= 11 is 0. The van der Waals surface area contributed by atoms with Crippen molar-refractivity contribution < 1.29 is 14.3 Å². The second-order valence-corrected chi connectivity index (χ2v) is 6.04. The minimum absolute atomic E-state index is 0.0884. The SMILES string of the molecule is C=CC(=O)OC(CC)(C(N)=O)C(C)CCCCCCCCC. The molecule has 0 saturated heterocycles. The predicted octanol–water partition coefficient (Wildman–Crippen LogP) is 4.13. The number of esters is 1. The minimum Gasteiger partial charge on any atom is -0.446 e. The van der Waals surface area contributed by atoms with Gasteiger partial charge in [-0.15, -0.1) is 0 Å². The van der Waals surface area contributed by atoms with Gasteiger partial charge in [-0.2, -0.15) is 0 Å². The van der Waals surface area contributed by atoms with E-state index in [0.717, 1.165) is 25.3 Å². The van der Waals surface area contributed by atoms with Crippen molar-refractivity contribution in [3.05, 3.63) is 12.7 Å². The Hall–Kier alpha value is -1.32. The maximum absolute atomic E-state index is 11.9. The average molecular weight is 311 g/mol. The lowest BCUT2D eigenvalue weighted by Gasteiger charge is -2.34. The fourth-order valence-corrected chi connectivity index (χ4v) is 2.85. The largest absolute Gasteiger partial charge is 0.446 e. The maximum Gasteiger partial charge on any atom is 0.331 e. The van der Waals surface area contributed by atoms with E-state index in [9.17, 15) is 9.59 Å². The standard InChI is InChI=1S/C18H33NO3/c1-5-8-9-10-11-12-13-14-15(4)18(7-3,17(19)21)22-16(20)6-2/h6,15H,2,5,7-14H2,1,3-4H3,(H2,19,21). The van der Waals surface area contributed by atoms with Crippen LogP contribution in [0.2, 0.25) is 0 Å². The first kappa shape index (κ1) is 20.7. The van der Waals surface area contributed by atoms with E-state index >= 15 is 0 Å². The third-order valence-corrected chi connectivity index (χ3v) is 4.43. The first-order chi connectivity index (χ1) is 10.4. The third kappa shape index (κ3) is 6.63. The lowest BCUT2D eigenvalue weighted by molar-refractivity contribution is -0.169. The van der Waals surface area contributed by atoms with Gasteiger partial charge in [0.25, 0.3) is 5.91 Å². The van der Waals surface area contributed by atoms with Crippen molar-refractivity contribution in [3.8, 4) is 0 Å². The highest BCUT2D eigenvalue weighted by atomic mass is 16.6. The Bertz CT molecular complexity index is 354. The van der Waals surface area contributed by atoms with Gasteiger partial charge in [-0.3, -0.25) is 4.79 Å². The lowest BCUT2D eigenvalue weighted by Crippen LogP contribution is -2.52. The summed E-state index contributed by atoms with van der Waals surface area (Å²) in [5.41, 5.74) is 4.31. The van der Waals surface area contributed by atoms with Crippen LogP contribution in [0.25, 0.3) is 0 Å². The van der Waals surface area contributed by atoms with E-state index in [2.05, 4.69) is 13.5 Å². The molecule has 4 heteroatoms. The predicted molar refractivity (Wildman–Crippen MR) is 90.3 cm³/mol. The van der Waals surface area contributed by atoms with E-state index in [0.29, 0.717) is 6.42 Å². The van der Waals surface area contributed by atoms with Crippen molar-refractivity contribution in [2.75, 3.05) is 0 Å². The Morgan fingerprint density at radius 2 is 1.68 bits per heavy atom. The molecular weight excluding hydrogens is 278 g/mol. The van der Waals surface area contributed by atoms with Gasteiger partial charge in [0.15, 0.2) is 5.60 Å². The van der Waals surface area contributed by atoms with Crippen LogP contribution in [-0.2, 0) is 14.3 Å². The van der Waals surface area contributed by atoms with E-state index in [-0.39, 0.29) is 5.92 Å². The molecule has 2 N–H and O–H groups in total. The molecule has 0 aromatic rings. The molecule has 1 amide bonds. The molecule has 0 spiro atoms. The molecule has 22 heavy (non-hydrogen) atoms. The lowest BCUT2D eigenvalue weighted by atomic mass is 9.82. The normalized spacial score (nSPS) is 14.9. The van der Waals surface area contributed by atoms with Gasteiger partial charge in [0.1, 0.15) is 0 Å². The fourth-order valence-electron chi connectivity index (χ4n) is 2.85. The Balaban J connectivity index is 4.40. The van der Waals surface area contributed by atoms with Crippen LogP contribution in [-0.4, -0.2) is 17.5 Å². The van der Waals surface area contributed by atoms with Gasteiger partial charge in [0.05, 0.1) is 0 Å². The first-order valence-electron chi connectivity index (χ1n) is 8.59. The van der Waals surface area contributed by atoms with Crippen LogP contribution in [0.3, 0.4) is 0 Å². The van der Waals surface area contributed by atoms with Gasteiger partial charge in [0.2, 0.25) is 0 Å². The quantitative estimate of drug-likeness (QED) is 0.316. The number of rotatable bonds is 13. The summed E-state index contributed by atoms with van der Waals surface area (Å²) in [6, 6.07) is 0. The fraction of sp³-hybridized carbons (Fsp3) is 0.778. The average Bonchev–Trinajstić information content (AvgIpc) is 2.50. The van der Waals surface area contributed by atoms with Crippen LogP contribution in [0, 0.1) is 5.92 Å². The molecule has 0 aliphatic rings. The van der Waals surface area contributed by atoms with E-state index in [4.69, 9.17) is 10.5 Å². The summed E-state index contributed by atoms with van der Waals surface area (Å²) in [7, 11) is 0. The molecule has 2 atom stereocenters. The monoisotopic (exact) mass is 311 g/mol. The van der Waals surface area contributed by atoms with Gasteiger partial charge in [0, 0.05) is 12.0 Å². The van der Waals surface area contributed by atoms with Gasteiger partial charge < -0.3 is 10.5 Å². The Labute approximate surface area is 135 Å². The number of primary amides is 1. The summed E-state index contributed by atoms with van der Waals surface area (Å²) in [6.07, 6.45) is 10.8. The van der Waals surface area contributed by atoms with E-state index in [1.165, 1.54) is 32.1 Å². The highest BCUT2D eigenvalue weighted by Crippen LogP contribution is 2.30. The zero-order chi connectivity index (χ0) is 17.0. The van der Waals surface area contributed by atoms with Crippen molar-refractivity contribution in [2.24, 2.45) is 11.7 Å². The molecule has 0 bridgehead atoms. The van der Waals surface area contributed by atoms with Gasteiger partial charge >= 0.3 is 5.97 Å². The minimum atomic E-state index is -1.21. The van der Waals surface area contributed by atoms with E-state index in [1.807, 2.05) is 13.8 Å². The number of ether oxygens (including phenoxy) is 1. The Morgan fingerprint density at radius 1 is 1.14 bits per heavy atom. The summed E-state index contributed by atoms with van der Waals surface area (Å²) in [5, 5.41) is 0. The zero-order valence-corrected chi connectivity index (χ0v) is 14.5. The second-order valence-electron chi connectivity index (χ2n) is 6.04. The molecule has 0 aromatic heterocycles. The molecule has 0 aliphatic carbocycles. The van der Waals surface area contributed by atoms with Crippen molar-refractivity contribution in [2.45, 2.75) is 84.2 Å². The molecule has 0 aliphatic heterocycles. The zero-order valence-electron chi connectivity index (χ0n) is 14.5. The second kappa shape index (κ2) is 11.3. The van der Waals surface area contributed by atoms with Crippen molar-refractivity contribution in [1.82, 2.24) is 0 Å². The van der Waals surface area contributed by atoms with Crippen LogP contribution >= 0.6 is 0 Å². The number of unbranched alkanes of at least 4 members (excludes halogenated alkanes) is 6. The molecule has 0 heterocycles. The van der Waals surface area contributed by atoms with Crippen LogP contribution in [0.1, 0.15) is 78.6 Å². The number of hydrogen-bond acceptors (Lipinski definition) is 3. The van der Waals surface area contributed by atoms with Crippen LogP contribution in [0.5, 0.6) is 0 Å². The van der Waals surface area contributed by atoms with Crippen molar-refractivity contribution in [3.63, 3.8) is 0 Å². The number of carbonyl (C=O) groups excluding carboxylic acids is 2. The van der Waals surface area contributed by atoms with Crippen molar-refractivity contribution >= 4 is 11.9 Å². The van der Waals surface area contributed by atoms with E-state index in [1.54, 1.807) is 0 Å². The van der Waals surface area contributed by atoms with Crippen LogP contribution in [0.4, 0.5) is 0 Å². The summed E-state index contributed by atoms with van der Waals surface area (Å²) < 4.78 is 5.34. The molecule has 0 fully saturated rings. The highest BCUT2D eigenvalue weighted by Gasteiger charge is 2.43. The topological polar surface area (TPSA) is 69.4 Å². The van der Waals surface area contributed by atoms with Crippen LogP contribution < -0.4 is 5.73 Å². The third-order valence-electron chi connectivity index (χ3n) is 4.43. The molecule has 0 radical (unpaired) electrons. The highest BCUT2D eigenvalue weighted by molar-refractivity contribution is 5.89. The number of hydrogen-bond donors (Lipinski definition) is 1. The molecule has 0 saturated carbocycles. The molecule has 4 nitrogen and oxygen atoms in total. The summed E-state index contributed by atoms with van der Waals surface area (Å²) in [4.78, 5) is 23.4. The molecule has 0 aromatic carbocycles. The summed E-state index contributed by atoms with van der Waals surface area (Å²) in [5.74, 6) is -1.25. The molecular formula is C18H33NO3. The maximum atomic E-state index is 11.9. The molecule has 2 unspecified atom stereocenters. The summed E-state index contributed by atoms with van der Waals surface area (Å²) in [6.45, 7) is 9.34. The van der Waals surface area contributed by atoms with Crippen LogP contribution in [0.15, 0.2) is 12.7 Å². The van der Waals surface area contributed by atoms with Gasteiger partial charge in [-0.05, 0) is 12.8 Å². The Kier molecular flexibility index (Phi) is 10.6. The molecule has 0 rings (SSSR count). The van der Waals surface area contributed by atoms with Gasteiger partial charge in [-0.25, -0.2) is 4.79 Å². The number of carbonyl (C=O) groups is 2. The Morgan fingerprint density at radius 3 is 2.14 bits per heavy atom. The van der Waals surface area contributed by atoms with Gasteiger partial charge in [-0.1, -0.05) is 72.3 Å². The number of nitrogens with two attached hydrogens (primary N) is 1. The smallest absolute Gasteiger partial charge is 0.331 e. The first-order valence-corrected chi connectivity index (χ1v) is 8.59. The molecule has 128 valence electrons. The van der Waals surface area contributed by atoms with E-state index < -0.39 is 17.5 Å². The number of amides is 1. The van der Waals surface area contributed by atoms with Crippen molar-refractivity contribution in [1.29, 1.82) is 0 Å².